The van der Waals surface area contributed by atoms with Crippen LogP contribution in [-0.2, 0) is 25.4 Å². The third-order valence-electron chi connectivity index (χ3n) is 6.16. The van der Waals surface area contributed by atoms with Crippen molar-refractivity contribution in [2.24, 2.45) is 7.05 Å². The van der Waals surface area contributed by atoms with Gasteiger partial charge in [0.25, 0.3) is 0 Å². The van der Waals surface area contributed by atoms with E-state index in [1.165, 1.54) is 0 Å². The fourth-order valence-corrected chi connectivity index (χ4v) is 5.41. The smallest absolute Gasteiger partial charge is 0.143 e. The number of halogens is 1. The van der Waals surface area contributed by atoms with Gasteiger partial charge in [-0.2, -0.15) is 16.9 Å². The molecule has 6 nitrogen and oxygen atoms in total. The Morgan fingerprint density at radius 1 is 1.24 bits per heavy atom. The average molecular weight is 414 g/mol. The number of aromatic nitrogens is 5. The van der Waals surface area contributed by atoms with Crippen molar-refractivity contribution in [3.05, 3.63) is 53.6 Å². The SMILES string of the molecule is Cn1cc(-c2ccc(C3(c4nnc5n4CCSC(C)(CO)C5)CC3)c(F)c2)cn1. The van der Waals surface area contributed by atoms with Crippen molar-refractivity contribution < 1.29 is 9.50 Å². The molecule has 1 saturated carbocycles. The molecule has 8 heteroatoms. The molecule has 1 aromatic carbocycles. The summed E-state index contributed by atoms with van der Waals surface area (Å²) in [6.45, 7) is 2.95. The molecule has 1 atom stereocenters. The fraction of sp³-hybridized carbons (Fsp3) is 0.476. The zero-order valence-corrected chi connectivity index (χ0v) is 17.4. The van der Waals surface area contributed by atoms with E-state index in [1.54, 1.807) is 28.7 Å². The summed E-state index contributed by atoms with van der Waals surface area (Å²) < 4.78 is 18.9. The maximum Gasteiger partial charge on any atom is 0.143 e. The van der Waals surface area contributed by atoms with Gasteiger partial charge < -0.3 is 9.67 Å². The number of hydrogen-bond donors (Lipinski definition) is 1. The Bertz CT molecular complexity index is 1070. The molecule has 1 fully saturated rings. The van der Waals surface area contributed by atoms with E-state index >= 15 is 4.39 Å². The fourth-order valence-electron chi connectivity index (χ4n) is 4.32. The molecular formula is C21H24FN5OS. The van der Waals surface area contributed by atoms with Crippen molar-refractivity contribution in [3.63, 3.8) is 0 Å². The number of fused-ring (bicyclic) bond motifs is 1. The topological polar surface area (TPSA) is 68.8 Å². The van der Waals surface area contributed by atoms with Gasteiger partial charge in [-0.15, -0.1) is 10.2 Å². The molecule has 29 heavy (non-hydrogen) atoms. The maximum absolute atomic E-state index is 15.2. The molecule has 5 rings (SSSR count). The lowest BCUT2D eigenvalue weighted by Crippen LogP contribution is -2.28. The van der Waals surface area contributed by atoms with Crippen molar-refractivity contribution in [2.45, 2.75) is 42.9 Å². The van der Waals surface area contributed by atoms with Crippen molar-refractivity contribution in [3.8, 4) is 11.1 Å². The van der Waals surface area contributed by atoms with Crippen molar-refractivity contribution in [2.75, 3.05) is 12.4 Å². The van der Waals surface area contributed by atoms with Gasteiger partial charge in [0.1, 0.15) is 17.5 Å². The Morgan fingerprint density at radius 2 is 2.07 bits per heavy atom. The number of aliphatic hydroxyl groups excluding tert-OH is 1. The predicted molar refractivity (Wildman–Crippen MR) is 110 cm³/mol. The molecule has 1 aliphatic carbocycles. The van der Waals surface area contributed by atoms with E-state index < -0.39 is 5.41 Å². The van der Waals surface area contributed by atoms with Gasteiger partial charge in [0, 0.05) is 47.8 Å². The molecule has 0 saturated heterocycles. The number of rotatable bonds is 4. The Balaban J connectivity index is 1.52. The lowest BCUT2D eigenvalue weighted by atomic mass is 9.92. The van der Waals surface area contributed by atoms with E-state index in [1.807, 2.05) is 25.4 Å². The normalized spacial score (nSPS) is 22.9. The number of nitrogens with zero attached hydrogens (tertiary/aromatic N) is 5. The van der Waals surface area contributed by atoms with E-state index in [9.17, 15) is 5.11 Å². The number of benzene rings is 1. The summed E-state index contributed by atoms with van der Waals surface area (Å²) in [5.74, 6) is 2.43. The molecule has 0 amide bonds. The molecule has 2 aromatic heterocycles. The second-order valence-corrected chi connectivity index (χ2v) is 10.1. The quantitative estimate of drug-likeness (QED) is 0.712. The highest BCUT2D eigenvalue weighted by molar-refractivity contribution is 8.00. The number of thioether (sulfide) groups is 1. The van der Waals surface area contributed by atoms with Crippen LogP contribution in [0.15, 0.2) is 30.6 Å². The molecule has 1 unspecified atom stereocenters. The number of hydrogen-bond acceptors (Lipinski definition) is 5. The minimum Gasteiger partial charge on any atom is -0.395 e. The molecule has 3 aromatic rings. The number of aliphatic hydroxyl groups is 1. The second-order valence-electron chi connectivity index (χ2n) is 8.40. The molecule has 0 spiro atoms. The monoisotopic (exact) mass is 413 g/mol. The van der Waals surface area contributed by atoms with E-state index in [0.717, 1.165) is 47.9 Å². The molecule has 1 aliphatic heterocycles. The van der Waals surface area contributed by atoms with Crippen LogP contribution in [0.1, 0.15) is 37.0 Å². The molecule has 1 N–H and O–H groups in total. The van der Waals surface area contributed by atoms with Crippen LogP contribution in [0.5, 0.6) is 0 Å². The Hall–Kier alpha value is -2.19. The summed E-state index contributed by atoms with van der Waals surface area (Å²) in [4.78, 5) is 0. The van der Waals surface area contributed by atoms with Crippen molar-refractivity contribution >= 4 is 11.8 Å². The zero-order valence-electron chi connectivity index (χ0n) is 16.6. The highest BCUT2D eigenvalue weighted by Gasteiger charge is 2.52. The van der Waals surface area contributed by atoms with Gasteiger partial charge in [-0.05, 0) is 31.4 Å². The van der Waals surface area contributed by atoms with Crippen LogP contribution in [0.2, 0.25) is 0 Å². The number of aryl methyl sites for hydroxylation is 1. The standard InChI is InChI=1S/C21H24FN5OS/c1-20(13-28)10-18-24-25-19(27(18)7-8-29-20)21(5-6-21)16-4-3-14(9-17(16)22)15-11-23-26(2)12-15/h3-4,9,11-12,28H,5-8,10,13H2,1-2H3. The first-order chi connectivity index (χ1) is 13.9. The highest BCUT2D eigenvalue weighted by Crippen LogP contribution is 2.54. The van der Waals surface area contributed by atoms with Gasteiger partial charge in [0.05, 0.1) is 18.2 Å². The second kappa shape index (κ2) is 6.67. The predicted octanol–water partition coefficient (Wildman–Crippen LogP) is 2.94. The summed E-state index contributed by atoms with van der Waals surface area (Å²) in [5, 5.41) is 22.9. The van der Waals surface area contributed by atoms with E-state index in [-0.39, 0.29) is 17.2 Å². The van der Waals surface area contributed by atoms with Crippen LogP contribution < -0.4 is 0 Å². The van der Waals surface area contributed by atoms with Crippen LogP contribution in [0, 0.1) is 5.82 Å². The lowest BCUT2D eigenvalue weighted by molar-refractivity contribution is 0.254. The third kappa shape index (κ3) is 3.09. The summed E-state index contributed by atoms with van der Waals surface area (Å²) >= 11 is 1.77. The van der Waals surface area contributed by atoms with E-state index in [0.29, 0.717) is 12.0 Å². The van der Waals surface area contributed by atoms with Gasteiger partial charge >= 0.3 is 0 Å². The Morgan fingerprint density at radius 3 is 2.72 bits per heavy atom. The van der Waals surface area contributed by atoms with Gasteiger partial charge in [-0.25, -0.2) is 4.39 Å². The molecule has 3 heterocycles. The Kier molecular flexibility index (Phi) is 4.33. The largest absolute Gasteiger partial charge is 0.395 e. The van der Waals surface area contributed by atoms with Gasteiger partial charge in [-0.3, -0.25) is 4.68 Å². The highest BCUT2D eigenvalue weighted by atomic mass is 32.2. The first-order valence-electron chi connectivity index (χ1n) is 9.91. The summed E-state index contributed by atoms with van der Waals surface area (Å²) in [6.07, 6.45) is 6.04. The van der Waals surface area contributed by atoms with E-state index in [4.69, 9.17) is 0 Å². The zero-order chi connectivity index (χ0) is 20.2. The lowest BCUT2D eigenvalue weighted by Gasteiger charge is -2.23. The van der Waals surface area contributed by atoms with Crippen molar-refractivity contribution in [1.29, 1.82) is 0 Å². The third-order valence-corrected chi connectivity index (χ3v) is 7.52. The van der Waals surface area contributed by atoms with Crippen LogP contribution in [0.4, 0.5) is 4.39 Å². The van der Waals surface area contributed by atoms with Gasteiger partial charge in [-0.1, -0.05) is 12.1 Å². The summed E-state index contributed by atoms with van der Waals surface area (Å²) in [7, 11) is 1.85. The molecule has 152 valence electrons. The van der Waals surface area contributed by atoms with E-state index in [2.05, 4.69) is 26.8 Å². The first kappa shape index (κ1) is 18.8. The molecule has 0 radical (unpaired) electrons. The average Bonchev–Trinajstić information content (AvgIpc) is 3.28. The van der Waals surface area contributed by atoms with Gasteiger partial charge in [0.2, 0.25) is 0 Å². The van der Waals surface area contributed by atoms with Crippen LogP contribution in [0.25, 0.3) is 11.1 Å². The molecule has 0 bridgehead atoms. The summed E-state index contributed by atoms with van der Waals surface area (Å²) in [5.41, 5.74) is 2.03. The van der Waals surface area contributed by atoms with Crippen molar-refractivity contribution in [1.82, 2.24) is 24.5 Å². The van der Waals surface area contributed by atoms with Gasteiger partial charge in [0.15, 0.2) is 0 Å². The van der Waals surface area contributed by atoms with Crippen LogP contribution in [-0.4, -0.2) is 46.8 Å². The van der Waals surface area contributed by atoms with Crippen LogP contribution >= 0.6 is 11.8 Å². The maximum atomic E-state index is 15.2. The Labute approximate surface area is 173 Å². The minimum absolute atomic E-state index is 0.107. The molecular weight excluding hydrogens is 389 g/mol. The first-order valence-corrected chi connectivity index (χ1v) is 10.9. The minimum atomic E-state index is -0.395. The van der Waals surface area contributed by atoms with Crippen LogP contribution in [0.3, 0.4) is 0 Å². The molecule has 2 aliphatic rings. The summed E-state index contributed by atoms with van der Waals surface area (Å²) in [6, 6.07) is 5.47.